The number of imide groups is 1. The zero-order chi connectivity index (χ0) is 16.7. The highest BCUT2D eigenvalue weighted by Crippen LogP contribution is 2.38. The van der Waals surface area contributed by atoms with Gasteiger partial charge >= 0.3 is 0 Å². The zero-order valence-corrected chi connectivity index (χ0v) is 13.9. The Morgan fingerprint density at radius 2 is 1.83 bits per heavy atom. The van der Waals surface area contributed by atoms with Gasteiger partial charge in [-0.05, 0) is 12.1 Å². The van der Waals surface area contributed by atoms with E-state index in [2.05, 4.69) is 9.36 Å². The molecule has 124 valence electrons. The Hall–Kier alpha value is -2.32. The summed E-state index contributed by atoms with van der Waals surface area (Å²) in [5, 5.41) is 0.739. The van der Waals surface area contributed by atoms with E-state index in [0.29, 0.717) is 31.2 Å². The summed E-state index contributed by atoms with van der Waals surface area (Å²) in [6.45, 7) is 1.36. The molecule has 1 aromatic heterocycles. The Balaban J connectivity index is 1.53. The Morgan fingerprint density at radius 3 is 2.46 bits per heavy atom. The van der Waals surface area contributed by atoms with Crippen molar-refractivity contribution in [1.82, 2.24) is 9.36 Å². The number of amides is 2. The second-order valence-electron chi connectivity index (χ2n) is 5.89. The Bertz CT molecular complexity index is 755. The minimum absolute atomic E-state index is 0.125. The van der Waals surface area contributed by atoms with Crippen molar-refractivity contribution in [3.05, 3.63) is 36.2 Å². The Morgan fingerprint density at radius 1 is 1.17 bits per heavy atom. The highest BCUT2D eigenvalue weighted by Gasteiger charge is 2.53. The maximum absolute atomic E-state index is 12.7. The van der Waals surface area contributed by atoms with Gasteiger partial charge in [-0.15, -0.1) is 0 Å². The van der Waals surface area contributed by atoms with Gasteiger partial charge in [0.15, 0.2) is 5.82 Å². The van der Waals surface area contributed by atoms with Gasteiger partial charge in [-0.2, -0.15) is 4.37 Å². The van der Waals surface area contributed by atoms with Crippen LogP contribution < -0.4 is 9.80 Å². The number of para-hydroxylation sites is 1. The van der Waals surface area contributed by atoms with Crippen LogP contribution in [0.2, 0.25) is 0 Å². The fraction of sp³-hybridized carbons (Fsp3) is 0.375. The molecule has 7 nitrogen and oxygen atoms in total. The van der Waals surface area contributed by atoms with Crippen LogP contribution in [0.25, 0.3) is 0 Å². The summed E-state index contributed by atoms with van der Waals surface area (Å²) in [6, 6.07) is 9.10. The molecule has 2 saturated heterocycles. The molecule has 2 amide bonds. The number of ether oxygens (including phenoxy) is 1. The number of carbonyl (C=O) groups is 2. The summed E-state index contributed by atoms with van der Waals surface area (Å²) in [6.07, 6.45) is 0. The van der Waals surface area contributed by atoms with Crippen molar-refractivity contribution in [2.75, 3.05) is 30.0 Å². The van der Waals surface area contributed by atoms with E-state index in [-0.39, 0.29) is 23.7 Å². The first-order valence-electron chi connectivity index (χ1n) is 7.68. The number of hydrogen-bond donors (Lipinski definition) is 0. The minimum Gasteiger partial charge on any atom is -0.377 e. The summed E-state index contributed by atoms with van der Waals surface area (Å²) in [4.78, 5) is 33.1. The molecule has 0 saturated carbocycles. The molecule has 2 atom stereocenters. The van der Waals surface area contributed by atoms with E-state index >= 15 is 0 Å². The van der Waals surface area contributed by atoms with Crippen LogP contribution in [0, 0.1) is 11.8 Å². The number of anilines is 2. The number of rotatable bonds is 4. The third kappa shape index (κ3) is 2.38. The summed E-state index contributed by atoms with van der Waals surface area (Å²) in [7, 11) is 1.59. The fourth-order valence-corrected chi connectivity index (χ4v) is 3.98. The highest BCUT2D eigenvalue weighted by atomic mass is 32.1. The first kappa shape index (κ1) is 15.2. The Labute approximate surface area is 143 Å². The van der Waals surface area contributed by atoms with Crippen LogP contribution in [0.5, 0.6) is 0 Å². The van der Waals surface area contributed by atoms with E-state index < -0.39 is 0 Å². The maximum atomic E-state index is 12.7. The summed E-state index contributed by atoms with van der Waals surface area (Å²) < 4.78 is 9.25. The lowest BCUT2D eigenvalue weighted by molar-refractivity contribution is -0.122. The Kier molecular flexibility index (Phi) is 3.78. The molecular weight excluding hydrogens is 328 g/mol. The largest absolute Gasteiger partial charge is 0.377 e. The van der Waals surface area contributed by atoms with Crippen LogP contribution in [0.15, 0.2) is 30.3 Å². The second kappa shape index (κ2) is 5.95. The molecule has 24 heavy (non-hydrogen) atoms. The van der Waals surface area contributed by atoms with Gasteiger partial charge < -0.3 is 9.64 Å². The van der Waals surface area contributed by atoms with Crippen molar-refractivity contribution in [3.8, 4) is 0 Å². The number of aromatic nitrogens is 2. The van der Waals surface area contributed by atoms with Crippen LogP contribution in [0.4, 0.5) is 10.8 Å². The van der Waals surface area contributed by atoms with Crippen LogP contribution in [-0.4, -0.2) is 41.4 Å². The molecule has 2 fully saturated rings. The molecule has 2 unspecified atom stereocenters. The lowest BCUT2D eigenvalue weighted by Crippen LogP contribution is -2.36. The first-order valence-corrected chi connectivity index (χ1v) is 8.45. The molecule has 0 N–H and O–H groups in total. The second-order valence-corrected chi connectivity index (χ2v) is 6.62. The number of methoxy groups -OCH3 is 1. The van der Waals surface area contributed by atoms with Crippen molar-refractivity contribution < 1.29 is 14.3 Å². The van der Waals surface area contributed by atoms with Crippen molar-refractivity contribution in [2.24, 2.45) is 11.8 Å². The number of fused-ring (bicyclic) bond motifs is 1. The van der Waals surface area contributed by atoms with Crippen LogP contribution in [-0.2, 0) is 20.9 Å². The van der Waals surface area contributed by atoms with Crippen molar-refractivity contribution in [2.45, 2.75) is 6.61 Å². The predicted octanol–water partition coefficient (Wildman–Crippen LogP) is 1.31. The van der Waals surface area contributed by atoms with Crippen molar-refractivity contribution in [3.63, 3.8) is 0 Å². The van der Waals surface area contributed by atoms with Crippen LogP contribution in [0.1, 0.15) is 5.82 Å². The molecule has 0 bridgehead atoms. The standard InChI is InChI=1S/C16H16N4O3S/c1-23-9-13-17-16(24-18-13)19-7-11-12(8-19)15(22)20(14(11)21)10-5-3-2-4-6-10/h2-6,11-12H,7-9H2,1H3. The van der Waals surface area contributed by atoms with Gasteiger partial charge in [0, 0.05) is 31.7 Å². The maximum Gasteiger partial charge on any atom is 0.239 e. The fourth-order valence-electron chi connectivity index (χ4n) is 3.29. The molecule has 2 aromatic rings. The van der Waals surface area contributed by atoms with Crippen molar-refractivity contribution >= 4 is 34.2 Å². The van der Waals surface area contributed by atoms with E-state index in [1.54, 1.807) is 19.2 Å². The monoisotopic (exact) mass is 344 g/mol. The highest BCUT2D eigenvalue weighted by molar-refractivity contribution is 7.09. The quantitative estimate of drug-likeness (QED) is 0.779. The molecule has 2 aliphatic heterocycles. The topological polar surface area (TPSA) is 75.6 Å². The minimum atomic E-state index is -0.313. The molecule has 0 spiro atoms. The molecule has 4 rings (SSSR count). The van der Waals surface area contributed by atoms with Gasteiger partial charge in [0.1, 0.15) is 6.61 Å². The van der Waals surface area contributed by atoms with Gasteiger partial charge in [0.25, 0.3) is 0 Å². The van der Waals surface area contributed by atoms with Gasteiger partial charge in [0.2, 0.25) is 16.9 Å². The molecule has 1 aromatic carbocycles. The average molecular weight is 344 g/mol. The SMILES string of the molecule is COCc1nsc(N2CC3C(=O)N(c4ccccc4)C(=O)C3C2)n1. The first-order chi connectivity index (χ1) is 11.7. The van der Waals surface area contributed by atoms with Gasteiger partial charge in [-0.25, -0.2) is 9.88 Å². The van der Waals surface area contributed by atoms with Gasteiger partial charge in [0.05, 0.1) is 17.5 Å². The third-order valence-electron chi connectivity index (χ3n) is 4.41. The number of benzene rings is 1. The lowest BCUT2D eigenvalue weighted by Gasteiger charge is -2.19. The van der Waals surface area contributed by atoms with E-state index in [0.717, 1.165) is 5.13 Å². The van der Waals surface area contributed by atoms with Crippen LogP contribution >= 0.6 is 11.5 Å². The van der Waals surface area contributed by atoms with E-state index in [9.17, 15) is 9.59 Å². The summed E-state index contributed by atoms with van der Waals surface area (Å²) >= 11 is 1.27. The average Bonchev–Trinajstić information content (AvgIpc) is 3.27. The van der Waals surface area contributed by atoms with E-state index in [1.165, 1.54) is 16.4 Å². The molecular formula is C16H16N4O3S. The molecule has 8 heteroatoms. The number of nitrogens with zero attached hydrogens (tertiary/aromatic N) is 4. The molecule has 0 radical (unpaired) electrons. The molecule has 2 aliphatic rings. The van der Waals surface area contributed by atoms with Gasteiger partial charge in [-0.1, -0.05) is 18.2 Å². The van der Waals surface area contributed by atoms with Gasteiger partial charge in [-0.3, -0.25) is 9.59 Å². The molecule has 3 heterocycles. The van der Waals surface area contributed by atoms with Crippen LogP contribution in [0.3, 0.4) is 0 Å². The predicted molar refractivity (Wildman–Crippen MR) is 88.8 cm³/mol. The zero-order valence-electron chi connectivity index (χ0n) is 13.1. The van der Waals surface area contributed by atoms with E-state index in [4.69, 9.17) is 4.74 Å². The number of hydrogen-bond acceptors (Lipinski definition) is 7. The van der Waals surface area contributed by atoms with E-state index in [1.807, 2.05) is 23.1 Å². The smallest absolute Gasteiger partial charge is 0.239 e. The molecule has 0 aliphatic carbocycles. The summed E-state index contributed by atoms with van der Waals surface area (Å²) in [5.74, 6) is -0.251. The number of carbonyl (C=O) groups excluding carboxylic acids is 2. The normalized spacial score (nSPS) is 23.2. The summed E-state index contributed by atoms with van der Waals surface area (Å²) in [5.41, 5.74) is 0.645. The lowest BCUT2D eigenvalue weighted by atomic mass is 10.00. The van der Waals surface area contributed by atoms with Crippen molar-refractivity contribution in [1.29, 1.82) is 0 Å². The third-order valence-corrected chi connectivity index (χ3v) is 5.23.